The van der Waals surface area contributed by atoms with Crippen LogP contribution >= 0.6 is 0 Å². The van der Waals surface area contributed by atoms with Crippen LogP contribution in [0, 0.1) is 17.5 Å². The van der Waals surface area contributed by atoms with Gasteiger partial charge >= 0.3 is 0 Å². The Morgan fingerprint density at radius 1 is 0.971 bits per heavy atom. The van der Waals surface area contributed by atoms with E-state index in [0.29, 0.717) is 29.7 Å². The number of amides is 1. The molecular formula is C24H19F3N4O3S. The molecule has 4 aromatic rings. The zero-order chi connectivity index (χ0) is 24.7. The largest absolute Gasteiger partial charge is 0.364 e. The summed E-state index contributed by atoms with van der Waals surface area (Å²) in [4.78, 5) is 14.6. The van der Waals surface area contributed by atoms with Crippen molar-refractivity contribution >= 4 is 27.1 Å². The number of hydrogen-bond donors (Lipinski definition) is 1. The highest BCUT2D eigenvalue weighted by molar-refractivity contribution is 7.90. The summed E-state index contributed by atoms with van der Waals surface area (Å²) >= 11 is 0. The zero-order valence-corrected chi connectivity index (χ0v) is 19.0. The first-order chi connectivity index (χ1) is 16.7. The van der Waals surface area contributed by atoms with Gasteiger partial charge in [-0.25, -0.2) is 30.8 Å². The monoisotopic (exact) mass is 500 g/mol. The number of benzene rings is 2. The van der Waals surface area contributed by atoms with Gasteiger partial charge in [0, 0.05) is 24.5 Å². The van der Waals surface area contributed by atoms with Gasteiger partial charge in [-0.05, 0) is 66.9 Å². The summed E-state index contributed by atoms with van der Waals surface area (Å²) in [6.45, 7) is 0.633. The number of halogens is 3. The van der Waals surface area contributed by atoms with E-state index in [4.69, 9.17) is 0 Å². The number of pyridine rings is 1. The van der Waals surface area contributed by atoms with Gasteiger partial charge in [0.2, 0.25) is 0 Å². The number of carbonyl (C=O) groups is 1. The molecule has 0 bridgehead atoms. The fourth-order valence-electron chi connectivity index (χ4n) is 4.36. The smallest absolute Gasteiger partial charge is 0.268 e. The lowest BCUT2D eigenvalue weighted by Gasteiger charge is -2.27. The van der Waals surface area contributed by atoms with Crippen LogP contribution in [0.2, 0.25) is 0 Å². The second kappa shape index (κ2) is 8.73. The van der Waals surface area contributed by atoms with E-state index in [1.807, 2.05) is 9.62 Å². The van der Waals surface area contributed by atoms with Gasteiger partial charge in [-0.3, -0.25) is 4.79 Å². The van der Waals surface area contributed by atoms with Crippen molar-refractivity contribution in [2.45, 2.75) is 23.8 Å². The predicted octanol–water partition coefficient (Wildman–Crippen LogP) is 4.21. The van der Waals surface area contributed by atoms with Crippen molar-refractivity contribution in [2.75, 3.05) is 11.4 Å². The molecule has 1 unspecified atom stereocenters. The molecule has 1 amide bonds. The number of sulfonamides is 1. The molecule has 1 fully saturated rings. The molecule has 7 nitrogen and oxygen atoms in total. The number of anilines is 1. The van der Waals surface area contributed by atoms with Crippen LogP contribution < -0.4 is 9.62 Å². The highest BCUT2D eigenvalue weighted by Crippen LogP contribution is 2.37. The van der Waals surface area contributed by atoms with Gasteiger partial charge in [0.1, 0.15) is 17.5 Å². The molecule has 0 saturated carbocycles. The topological polar surface area (TPSA) is 83.8 Å². The average molecular weight is 501 g/mol. The number of fused-ring (bicyclic) bond motifs is 1. The number of nitrogens with zero attached hydrogens (tertiary/aromatic N) is 3. The maximum absolute atomic E-state index is 13.8. The molecule has 1 atom stereocenters. The van der Waals surface area contributed by atoms with Crippen molar-refractivity contribution in [3.05, 3.63) is 95.6 Å². The van der Waals surface area contributed by atoms with Gasteiger partial charge in [-0.2, -0.15) is 5.10 Å². The Hall–Kier alpha value is -3.86. The normalized spacial score (nSPS) is 16.1. The lowest BCUT2D eigenvalue weighted by molar-refractivity contribution is 0.0983. The summed E-state index contributed by atoms with van der Waals surface area (Å²) in [5.41, 5.74) is 1.58. The second-order valence-electron chi connectivity index (χ2n) is 8.22. The summed E-state index contributed by atoms with van der Waals surface area (Å²) in [5, 5.41) is 4.12. The van der Waals surface area contributed by atoms with Gasteiger partial charge in [0.15, 0.2) is 0 Å². The maximum atomic E-state index is 13.8. The molecule has 0 aliphatic carbocycles. The number of carbonyl (C=O) groups excluding carboxylic acids is 1. The maximum Gasteiger partial charge on any atom is 0.268 e. The Balaban J connectivity index is 1.45. The molecule has 35 heavy (non-hydrogen) atoms. The van der Waals surface area contributed by atoms with E-state index in [0.717, 1.165) is 36.8 Å². The molecule has 180 valence electrons. The number of aromatic nitrogens is 2. The molecule has 2 aromatic heterocycles. The minimum atomic E-state index is -4.23. The first kappa shape index (κ1) is 22.9. The van der Waals surface area contributed by atoms with Crippen LogP contribution in [0.25, 0.3) is 5.52 Å². The highest BCUT2D eigenvalue weighted by Gasteiger charge is 2.28. The van der Waals surface area contributed by atoms with E-state index in [-0.39, 0.29) is 16.5 Å². The van der Waals surface area contributed by atoms with Crippen LogP contribution in [0.3, 0.4) is 0 Å². The second-order valence-corrected chi connectivity index (χ2v) is 9.90. The first-order valence-corrected chi connectivity index (χ1v) is 12.2. The molecule has 3 heterocycles. The van der Waals surface area contributed by atoms with Crippen molar-refractivity contribution in [1.29, 1.82) is 0 Å². The Labute approximate surface area is 198 Å². The van der Waals surface area contributed by atoms with Gasteiger partial charge < -0.3 is 4.90 Å². The summed E-state index contributed by atoms with van der Waals surface area (Å²) < 4.78 is 69.3. The third kappa shape index (κ3) is 4.46. The van der Waals surface area contributed by atoms with Gasteiger partial charge in [0.25, 0.3) is 15.9 Å². The van der Waals surface area contributed by atoms with E-state index in [9.17, 15) is 26.4 Å². The Morgan fingerprint density at radius 3 is 2.40 bits per heavy atom. The van der Waals surface area contributed by atoms with Crippen LogP contribution in [0.5, 0.6) is 0 Å². The first-order valence-electron chi connectivity index (χ1n) is 10.7. The Morgan fingerprint density at radius 2 is 1.69 bits per heavy atom. The van der Waals surface area contributed by atoms with Gasteiger partial charge in [0.05, 0.1) is 28.2 Å². The molecule has 0 radical (unpaired) electrons. The fraction of sp³-hybridized carbons (Fsp3) is 0.167. The van der Waals surface area contributed by atoms with E-state index >= 15 is 0 Å². The molecule has 1 saturated heterocycles. The van der Waals surface area contributed by atoms with Crippen molar-refractivity contribution < 1.29 is 26.4 Å². The summed E-state index contributed by atoms with van der Waals surface area (Å²) in [5.74, 6) is -2.81. The fourth-order valence-corrected chi connectivity index (χ4v) is 5.33. The average Bonchev–Trinajstić information content (AvgIpc) is 3.45. The summed E-state index contributed by atoms with van der Waals surface area (Å²) in [6.07, 6.45) is 4.36. The van der Waals surface area contributed by atoms with Crippen molar-refractivity contribution in [2.24, 2.45) is 0 Å². The molecule has 1 N–H and O–H groups in total. The lowest BCUT2D eigenvalue weighted by atomic mass is 10.0. The Kier molecular flexibility index (Phi) is 5.72. The third-order valence-electron chi connectivity index (χ3n) is 5.95. The molecule has 1 aliphatic heterocycles. The quantitative estimate of drug-likeness (QED) is 0.444. The van der Waals surface area contributed by atoms with E-state index in [1.54, 1.807) is 18.3 Å². The minimum Gasteiger partial charge on any atom is -0.364 e. The molecule has 2 aromatic carbocycles. The molecular weight excluding hydrogens is 481 g/mol. The number of rotatable bonds is 5. The SMILES string of the molecule is O=C(NS(=O)(=O)c1ccc(F)cc1)c1cnn2ccc(N3CCCC3c3cc(F)cc(F)c3)cc12. The number of hydrogen-bond acceptors (Lipinski definition) is 5. The van der Waals surface area contributed by atoms with E-state index < -0.39 is 33.4 Å². The van der Waals surface area contributed by atoms with Crippen LogP contribution in [-0.2, 0) is 10.0 Å². The third-order valence-corrected chi connectivity index (χ3v) is 7.30. The van der Waals surface area contributed by atoms with Crippen LogP contribution in [0.4, 0.5) is 18.9 Å². The van der Waals surface area contributed by atoms with Crippen molar-refractivity contribution in [1.82, 2.24) is 14.3 Å². The van der Waals surface area contributed by atoms with Crippen LogP contribution in [0.1, 0.15) is 34.8 Å². The standard InChI is InChI=1S/C24H19F3N4O3S/c25-16-3-5-20(6-4-16)35(33,34)29-24(32)21-14-28-31-9-7-19(13-23(21)31)30-8-1-2-22(30)15-10-17(26)12-18(27)11-15/h3-7,9-14,22H,1-2,8H2,(H,29,32). The molecule has 0 spiro atoms. The minimum absolute atomic E-state index is 0.0186. The molecule has 5 rings (SSSR count). The summed E-state index contributed by atoms with van der Waals surface area (Å²) in [7, 11) is -4.23. The Bertz CT molecular complexity index is 1520. The van der Waals surface area contributed by atoms with Crippen molar-refractivity contribution in [3.63, 3.8) is 0 Å². The molecule has 11 heteroatoms. The molecule has 1 aliphatic rings. The lowest BCUT2D eigenvalue weighted by Crippen LogP contribution is -2.30. The highest BCUT2D eigenvalue weighted by atomic mass is 32.2. The number of nitrogens with one attached hydrogen (secondary N) is 1. The van der Waals surface area contributed by atoms with E-state index in [2.05, 4.69) is 5.10 Å². The predicted molar refractivity (Wildman–Crippen MR) is 122 cm³/mol. The van der Waals surface area contributed by atoms with Crippen LogP contribution in [0.15, 0.2) is 71.9 Å². The van der Waals surface area contributed by atoms with Crippen LogP contribution in [-0.4, -0.2) is 30.5 Å². The van der Waals surface area contributed by atoms with Gasteiger partial charge in [-0.15, -0.1) is 0 Å². The zero-order valence-electron chi connectivity index (χ0n) is 18.2. The van der Waals surface area contributed by atoms with Gasteiger partial charge in [-0.1, -0.05) is 0 Å². The summed E-state index contributed by atoms with van der Waals surface area (Å²) in [6, 6.07) is 10.7. The van der Waals surface area contributed by atoms with Crippen molar-refractivity contribution in [3.8, 4) is 0 Å². The van der Waals surface area contributed by atoms with E-state index in [1.165, 1.54) is 22.8 Å².